The van der Waals surface area contributed by atoms with Crippen molar-refractivity contribution in [1.82, 2.24) is 19.9 Å². The van der Waals surface area contributed by atoms with Crippen LogP contribution in [-0.4, -0.2) is 19.9 Å². The number of nitrogens with zero attached hydrogens (tertiary/aromatic N) is 5. The highest BCUT2D eigenvalue weighted by molar-refractivity contribution is 8.00. The van der Waals surface area contributed by atoms with Crippen molar-refractivity contribution in [2.24, 2.45) is 0 Å². The molecule has 0 bridgehead atoms. The Morgan fingerprint density at radius 1 is 0.429 bits per heavy atom. The number of rotatable bonds is 5. The summed E-state index contributed by atoms with van der Waals surface area (Å²) in [6.45, 7) is 0. The monoisotopic (exact) mass is 821 g/mol. The number of hydrogen-bond acceptors (Lipinski definition) is 6. The summed E-state index contributed by atoms with van der Waals surface area (Å²) in [7, 11) is 0. The normalized spacial score (nSPS) is 15.0. The average Bonchev–Trinajstić information content (AvgIpc) is 3.83. The van der Waals surface area contributed by atoms with Crippen molar-refractivity contribution in [3.8, 4) is 67.5 Å². The molecule has 294 valence electrons. The van der Waals surface area contributed by atoms with Crippen LogP contribution in [0.1, 0.15) is 22.3 Å². The van der Waals surface area contributed by atoms with Crippen molar-refractivity contribution < 1.29 is 0 Å². The number of hydrogen-bond donors (Lipinski definition) is 0. The third kappa shape index (κ3) is 5.38. The van der Waals surface area contributed by atoms with Crippen molar-refractivity contribution in [1.29, 1.82) is 0 Å². The SMILES string of the molecule is c1ccc(-c2cc(-c3ccccc3)nc(-c3cccc(-c4cnc5c(c4)C4(c6ccccc6-c6c4ccc4c6Sc6ccccc6N4c4ccccc4)c4cccnc4-5)c3)n2)cc1. The van der Waals surface area contributed by atoms with Gasteiger partial charge in [0.05, 0.1) is 39.6 Å². The van der Waals surface area contributed by atoms with Crippen molar-refractivity contribution in [3.63, 3.8) is 0 Å². The number of anilines is 3. The highest BCUT2D eigenvalue weighted by Crippen LogP contribution is 2.66. The summed E-state index contributed by atoms with van der Waals surface area (Å²) in [5.41, 5.74) is 18.9. The van der Waals surface area contributed by atoms with Crippen molar-refractivity contribution in [3.05, 3.63) is 235 Å². The molecule has 0 fully saturated rings. The molecule has 1 unspecified atom stereocenters. The van der Waals surface area contributed by atoms with Gasteiger partial charge < -0.3 is 4.90 Å². The van der Waals surface area contributed by atoms with Crippen molar-refractivity contribution in [2.45, 2.75) is 15.2 Å². The van der Waals surface area contributed by atoms with Crippen LogP contribution in [0.5, 0.6) is 0 Å². The molecule has 63 heavy (non-hydrogen) atoms. The number of pyridine rings is 2. The molecule has 1 atom stereocenters. The van der Waals surface area contributed by atoms with Gasteiger partial charge in [0.25, 0.3) is 0 Å². The van der Waals surface area contributed by atoms with Gasteiger partial charge in [0, 0.05) is 61.3 Å². The molecule has 4 heterocycles. The van der Waals surface area contributed by atoms with Crippen molar-refractivity contribution in [2.75, 3.05) is 4.90 Å². The molecular formula is C57H35N5S. The molecule has 7 aromatic carbocycles. The Kier molecular flexibility index (Phi) is 7.99. The minimum Gasteiger partial charge on any atom is -0.308 e. The second-order valence-corrected chi connectivity index (χ2v) is 17.2. The van der Waals surface area contributed by atoms with E-state index in [-0.39, 0.29) is 0 Å². The van der Waals surface area contributed by atoms with E-state index in [1.54, 1.807) is 0 Å². The Morgan fingerprint density at radius 2 is 1.08 bits per heavy atom. The van der Waals surface area contributed by atoms with Crippen molar-refractivity contribution >= 4 is 28.8 Å². The van der Waals surface area contributed by atoms with E-state index < -0.39 is 5.41 Å². The van der Waals surface area contributed by atoms with Crippen LogP contribution in [0.25, 0.3) is 67.5 Å². The minimum absolute atomic E-state index is 0.632. The molecule has 3 aromatic heterocycles. The van der Waals surface area contributed by atoms with Gasteiger partial charge in [-0.3, -0.25) is 9.97 Å². The second-order valence-electron chi connectivity index (χ2n) is 16.2. The summed E-state index contributed by atoms with van der Waals surface area (Å²) < 4.78 is 0. The van der Waals surface area contributed by atoms with Crippen LogP contribution >= 0.6 is 11.8 Å². The van der Waals surface area contributed by atoms with Gasteiger partial charge in [-0.25, -0.2) is 9.97 Å². The quantitative estimate of drug-likeness (QED) is 0.172. The molecule has 1 aliphatic heterocycles. The van der Waals surface area contributed by atoms with E-state index in [1.165, 1.54) is 43.4 Å². The summed E-state index contributed by atoms with van der Waals surface area (Å²) in [5, 5.41) is 0. The molecular weight excluding hydrogens is 787 g/mol. The van der Waals surface area contributed by atoms with Gasteiger partial charge in [0.2, 0.25) is 0 Å². The Bertz CT molecular complexity index is 3390. The molecule has 6 heteroatoms. The fourth-order valence-corrected chi connectivity index (χ4v) is 11.3. The maximum atomic E-state index is 5.31. The third-order valence-corrected chi connectivity index (χ3v) is 13.9. The summed E-state index contributed by atoms with van der Waals surface area (Å²) in [4.78, 5) is 25.6. The van der Waals surface area contributed by atoms with E-state index in [4.69, 9.17) is 19.9 Å². The summed E-state index contributed by atoms with van der Waals surface area (Å²) in [5.74, 6) is 0.672. The molecule has 5 nitrogen and oxygen atoms in total. The van der Waals surface area contributed by atoms with Crippen LogP contribution in [0.4, 0.5) is 17.1 Å². The van der Waals surface area contributed by atoms with Crippen LogP contribution in [0, 0.1) is 0 Å². The van der Waals surface area contributed by atoms with Gasteiger partial charge in [-0.15, -0.1) is 0 Å². The van der Waals surface area contributed by atoms with Gasteiger partial charge in [0.15, 0.2) is 5.82 Å². The van der Waals surface area contributed by atoms with Gasteiger partial charge in [-0.2, -0.15) is 0 Å². The number of aromatic nitrogens is 4. The molecule has 0 radical (unpaired) electrons. The van der Waals surface area contributed by atoms with Gasteiger partial charge >= 0.3 is 0 Å². The van der Waals surface area contributed by atoms with Crippen LogP contribution in [-0.2, 0) is 5.41 Å². The zero-order valence-corrected chi connectivity index (χ0v) is 34.7. The first-order valence-corrected chi connectivity index (χ1v) is 22.0. The first-order valence-electron chi connectivity index (χ1n) is 21.2. The largest absolute Gasteiger partial charge is 0.308 e. The maximum absolute atomic E-state index is 5.31. The first kappa shape index (κ1) is 35.8. The molecule has 0 saturated heterocycles. The van der Waals surface area contributed by atoms with E-state index in [0.717, 1.165) is 67.4 Å². The fourth-order valence-electron chi connectivity index (χ4n) is 10.1. The average molecular weight is 822 g/mol. The molecule has 0 amide bonds. The molecule has 0 saturated carbocycles. The van der Waals surface area contributed by atoms with E-state index in [0.29, 0.717) is 5.82 Å². The molecule has 1 spiro atoms. The summed E-state index contributed by atoms with van der Waals surface area (Å²) >= 11 is 1.87. The van der Waals surface area contributed by atoms with Crippen LogP contribution in [0.3, 0.4) is 0 Å². The fraction of sp³-hybridized carbons (Fsp3) is 0.0175. The number of benzene rings is 7. The number of para-hydroxylation sites is 2. The summed E-state index contributed by atoms with van der Waals surface area (Å²) in [6, 6.07) is 71.2. The Morgan fingerprint density at radius 3 is 1.87 bits per heavy atom. The maximum Gasteiger partial charge on any atom is 0.160 e. The predicted molar refractivity (Wildman–Crippen MR) is 254 cm³/mol. The lowest BCUT2D eigenvalue weighted by Gasteiger charge is -2.35. The van der Waals surface area contributed by atoms with Crippen LogP contribution in [0.2, 0.25) is 0 Å². The van der Waals surface area contributed by atoms with Crippen LogP contribution in [0.15, 0.2) is 222 Å². The van der Waals surface area contributed by atoms with E-state index in [9.17, 15) is 0 Å². The highest BCUT2D eigenvalue weighted by atomic mass is 32.2. The molecule has 2 aliphatic carbocycles. The third-order valence-electron chi connectivity index (χ3n) is 12.8. The topological polar surface area (TPSA) is 54.8 Å². The summed E-state index contributed by atoms with van der Waals surface area (Å²) in [6.07, 6.45) is 3.90. The van der Waals surface area contributed by atoms with E-state index >= 15 is 0 Å². The first-order chi connectivity index (χ1) is 31.2. The molecule has 0 N–H and O–H groups in total. The zero-order valence-electron chi connectivity index (χ0n) is 33.9. The minimum atomic E-state index is -0.632. The lowest BCUT2D eigenvalue weighted by atomic mass is 9.70. The molecule has 10 aromatic rings. The van der Waals surface area contributed by atoms with Gasteiger partial charge in [-0.1, -0.05) is 157 Å². The van der Waals surface area contributed by atoms with E-state index in [2.05, 4.69) is 193 Å². The van der Waals surface area contributed by atoms with Gasteiger partial charge in [-0.05, 0) is 82.4 Å². The smallest absolute Gasteiger partial charge is 0.160 e. The van der Waals surface area contributed by atoms with Gasteiger partial charge in [0.1, 0.15) is 0 Å². The highest BCUT2D eigenvalue weighted by Gasteiger charge is 2.54. The molecule has 3 aliphatic rings. The second kappa shape index (κ2) is 14.1. The standard InChI is InChI=1S/C57H35N5S/c1-4-16-36(17-5-1)47-34-48(37-18-6-2-7-19-37)61-56(60-47)39-21-14-20-38(32-39)40-33-46-54(59-35-40)53-45(26-15-31-58-53)57(46)43-25-11-10-24-42(43)52-44(57)29-30-50-55(52)63-51-28-13-12-27-49(51)62(50)41-22-8-3-9-23-41/h1-35H. The Labute approximate surface area is 369 Å². The predicted octanol–water partition coefficient (Wildman–Crippen LogP) is 14.2. The zero-order chi connectivity index (χ0) is 41.5. The Balaban J connectivity index is 1.00. The molecule has 13 rings (SSSR count). The lowest BCUT2D eigenvalue weighted by Crippen LogP contribution is -2.26. The Hall–Kier alpha value is -7.93. The number of fused-ring (bicyclic) bond motifs is 13. The van der Waals surface area contributed by atoms with Crippen LogP contribution < -0.4 is 4.90 Å². The lowest BCUT2D eigenvalue weighted by molar-refractivity contribution is 0.788. The van der Waals surface area contributed by atoms with E-state index in [1.807, 2.05) is 36.3 Å².